The van der Waals surface area contributed by atoms with E-state index in [-0.39, 0.29) is 5.91 Å². The molecule has 5 aromatic heterocycles. The molecule has 0 radical (unpaired) electrons. The number of imidazole rings is 1. The van der Waals surface area contributed by atoms with Crippen LogP contribution in [0.3, 0.4) is 0 Å². The van der Waals surface area contributed by atoms with Crippen molar-refractivity contribution in [3.8, 4) is 40.2 Å². The Hall–Kier alpha value is -5.59. The number of nitrogens with one attached hydrogen (secondary N) is 2. The molecular formula is C35H31N7O2. The topological polar surface area (TPSA) is 106 Å². The van der Waals surface area contributed by atoms with Crippen molar-refractivity contribution in [3.05, 3.63) is 102 Å². The van der Waals surface area contributed by atoms with Crippen LogP contribution in [0.25, 0.3) is 38.9 Å². The van der Waals surface area contributed by atoms with Crippen LogP contribution in [0, 0.1) is 25.7 Å². The van der Waals surface area contributed by atoms with Gasteiger partial charge in [-0.1, -0.05) is 12.0 Å². The van der Waals surface area contributed by atoms with Gasteiger partial charge in [0.15, 0.2) is 0 Å². The maximum absolute atomic E-state index is 12.7. The van der Waals surface area contributed by atoms with Gasteiger partial charge in [-0.3, -0.25) is 14.2 Å². The van der Waals surface area contributed by atoms with Gasteiger partial charge < -0.3 is 15.4 Å². The summed E-state index contributed by atoms with van der Waals surface area (Å²) in [5.41, 5.74) is 7.31. The molecule has 0 saturated carbocycles. The number of aryl methyl sites for hydroxylation is 2. The van der Waals surface area contributed by atoms with Crippen LogP contribution >= 0.6 is 0 Å². The zero-order valence-electron chi connectivity index (χ0n) is 25.1. The van der Waals surface area contributed by atoms with E-state index in [1.54, 1.807) is 39.5 Å². The molecule has 0 spiro atoms. The molecule has 0 aliphatic heterocycles. The Labute approximate surface area is 255 Å². The number of carbonyl (C=O) groups is 1. The third kappa shape index (κ3) is 5.59. The minimum Gasteiger partial charge on any atom is -0.481 e. The van der Waals surface area contributed by atoms with Gasteiger partial charge in [-0.25, -0.2) is 15.0 Å². The van der Waals surface area contributed by atoms with E-state index in [1.807, 2.05) is 79.0 Å². The largest absolute Gasteiger partial charge is 0.481 e. The molecule has 2 N–H and O–H groups in total. The van der Waals surface area contributed by atoms with Gasteiger partial charge in [0.25, 0.3) is 0 Å². The van der Waals surface area contributed by atoms with Crippen molar-refractivity contribution < 1.29 is 9.53 Å². The van der Waals surface area contributed by atoms with E-state index in [9.17, 15) is 4.79 Å². The molecule has 0 fully saturated rings. The van der Waals surface area contributed by atoms with Gasteiger partial charge in [0.05, 0.1) is 24.5 Å². The summed E-state index contributed by atoms with van der Waals surface area (Å²) in [7, 11) is 3.32. The number of anilines is 1. The number of aromatic nitrogens is 5. The van der Waals surface area contributed by atoms with Crippen LogP contribution in [0.2, 0.25) is 0 Å². The van der Waals surface area contributed by atoms with Gasteiger partial charge in [0, 0.05) is 52.4 Å². The number of likely N-dealkylation sites (N-methyl/N-ethyl adjacent to an activating group) is 1. The molecular weight excluding hydrogens is 550 g/mol. The van der Waals surface area contributed by atoms with Crippen molar-refractivity contribution >= 4 is 28.1 Å². The molecule has 0 saturated heterocycles. The lowest BCUT2D eigenvalue weighted by molar-refractivity contribution is -0.117. The number of hydrogen-bond acceptors (Lipinski definition) is 7. The van der Waals surface area contributed by atoms with Crippen LogP contribution in [0.4, 0.5) is 5.82 Å². The summed E-state index contributed by atoms with van der Waals surface area (Å²) in [4.78, 5) is 31.3. The Morgan fingerprint density at radius 3 is 2.61 bits per heavy atom. The molecule has 6 aromatic rings. The van der Waals surface area contributed by atoms with Gasteiger partial charge >= 0.3 is 0 Å². The molecule has 1 atom stereocenters. The molecule has 0 aliphatic rings. The Kier molecular flexibility index (Phi) is 7.75. The van der Waals surface area contributed by atoms with E-state index < -0.39 is 6.04 Å². The summed E-state index contributed by atoms with van der Waals surface area (Å²) in [6.07, 6.45) is 5.50. The first kappa shape index (κ1) is 28.5. The first-order valence-corrected chi connectivity index (χ1v) is 14.2. The number of methoxy groups -OCH3 is 1. The van der Waals surface area contributed by atoms with E-state index in [1.165, 1.54) is 0 Å². The van der Waals surface area contributed by atoms with E-state index in [2.05, 4.69) is 32.4 Å². The van der Waals surface area contributed by atoms with Crippen molar-refractivity contribution in [2.45, 2.75) is 26.8 Å². The molecule has 1 amide bonds. The molecule has 0 bridgehead atoms. The summed E-state index contributed by atoms with van der Waals surface area (Å²) in [5.74, 6) is 7.31. The number of pyridine rings is 4. The fraction of sp³-hybridized carbons (Fsp3) is 0.171. The summed E-state index contributed by atoms with van der Waals surface area (Å²) in [6.45, 7) is 5.82. The molecule has 9 heteroatoms. The van der Waals surface area contributed by atoms with E-state index in [0.717, 1.165) is 55.8 Å². The fourth-order valence-corrected chi connectivity index (χ4v) is 4.99. The van der Waals surface area contributed by atoms with E-state index >= 15 is 0 Å². The molecule has 1 aromatic carbocycles. The number of hydrogen-bond donors (Lipinski definition) is 2. The van der Waals surface area contributed by atoms with Gasteiger partial charge in [-0.05, 0) is 93.2 Å². The van der Waals surface area contributed by atoms with Crippen molar-refractivity contribution in [1.29, 1.82) is 0 Å². The molecule has 5 heterocycles. The van der Waals surface area contributed by atoms with Crippen LogP contribution in [0.5, 0.6) is 5.88 Å². The Morgan fingerprint density at radius 2 is 1.80 bits per heavy atom. The van der Waals surface area contributed by atoms with Crippen molar-refractivity contribution in [3.63, 3.8) is 0 Å². The maximum Gasteiger partial charge on any atom is 0.242 e. The molecule has 9 nitrogen and oxygen atoms in total. The van der Waals surface area contributed by atoms with Crippen LogP contribution < -0.4 is 15.4 Å². The highest BCUT2D eigenvalue weighted by Gasteiger charge is 2.21. The van der Waals surface area contributed by atoms with Crippen LogP contribution in [0.15, 0.2) is 79.3 Å². The zero-order valence-corrected chi connectivity index (χ0v) is 25.1. The number of rotatable bonds is 6. The number of nitrogens with zero attached hydrogens (tertiary/aromatic N) is 5. The lowest BCUT2D eigenvalue weighted by Gasteiger charge is -2.13. The van der Waals surface area contributed by atoms with Gasteiger partial charge in [-0.15, -0.1) is 0 Å². The highest BCUT2D eigenvalue weighted by molar-refractivity contribution is 5.94. The summed E-state index contributed by atoms with van der Waals surface area (Å²) in [5, 5.41) is 8.01. The zero-order chi connectivity index (χ0) is 30.8. The lowest BCUT2D eigenvalue weighted by atomic mass is 10.0. The second-order valence-electron chi connectivity index (χ2n) is 10.5. The van der Waals surface area contributed by atoms with Crippen LogP contribution in [-0.2, 0) is 4.79 Å². The van der Waals surface area contributed by atoms with Gasteiger partial charge in [0.1, 0.15) is 17.2 Å². The third-order valence-corrected chi connectivity index (χ3v) is 7.52. The number of benzene rings is 1. The standard InChI is InChI=1S/C35H31N7O2/c1-21-14-17-42-31(18-21)41-33(26-13-16-38-32(20-26)44-5)34(42)28-9-11-30(40-35(43)23(3)36-4)39-29(28)10-7-24-6-8-27-22(2)37-15-12-25(27)19-24/h6,8-9,11-20,23,36H,1-5H3,(H,39,40,43). The van der Waals surface area contributed by atoms with Gasteiger partial charge in [0.2, 0.25) is 11.8 Å². The highest BCUT2D eigenvalue weighted by atomic mass is 16.5. The fourth-order valence-electron chi connectivity index (χ4n) is 4.99. The first-order chi connectivity index (χ1) is 21.3. The number of carbonyl (C=O) groups excluding carboxylic acids is 1. The van der Waals surface area contributed by atoms with Gasteiger partial charge in [-0.2, -0.15) is 0 Å². The predicted octanol–water partition coefficient (Wildman–Crippen LogP) is 5.58. The third-order valence-electron chi connectivity index (χ3n) is 7.52. The molecule has 1 unspecified atom stereocenters. The Bertz CT molecular complexity index is 2110. The predicted molar refractivity (Wildman–Crippen MR) is 173 cm³/mol. The number of amides is 1. The first-order valence-electron chi connectivity index (χ1n) is 14.2. The smallest absolute Gasteiger partial charge is 0.242 e. The van der Waals surface area contributed by atoms with E-state index in [0.29, 0.717) is 17.4 Å². The normalized spacial score (nSPS) is 11.7. The average molecular weight is 582 g/mol. The Balaban J connectivity index is 1.56. The van der Waals surface area contributed by atoms with Crippen molar-refractivity contribution in [2.24, 2.45) is 0 Å². The minimum atomic E-state index is -0.392. The molecule has 6 rings (SSSR count). The number of ether oxygens (including phenoxy) is 1. The van der Waals surface area contributed by atoms with Crippen molar-refractivity contribution in [2.75, 3.05) is 19.5 Å². The monoisotopic (exact) mass is 581 g/mol. The number of fused-ring (bicyclic) bond motifs is 2. The second kappa shape index (κ2) is 12.0. The minimum absolute atomic E-state index is 0.194. The summed E-state index contributed by atoms with van der Waals surface area (Å²) in [6, 6.07) is 19.2. The molecule has 218 valence electrons. The molecule has 44 heavy (non-hydrogen) atoms. The SMILES string of the molecule is CNC(C)C(=O)Nc1ccc(-c2c(-c3ccnc(OC)c3)nc3cc(C)ccn23)c(C#Cc2ccc3c(C)nccc3c2)n1. The summed E-state index contributed by atoms with van der Waals surface area (Å²) < 4.78 is 7.45. The Morgan fingerprint density at radius 1 is 0.955 bits per heavy atom. The highest BCUT2D eigenvalue weighted by Crippen LogP contribution is 2.35. The second-order valence-corrected chi connectivity index (χ2v) is 10.5. The van der Waals surface area contributed by atoms with Crippen molar-refractivity contribution in [1.82, 2.24) is 29.7 Å². The quantitative estimate of drug-likeness (QED) is 0.248. The maximum atomic E-state index is 12.7. The average Bonchev–Trinajstić information content (AvgIpc) is 3.41. The van der Waals surface area contributed by atoms with E-state index in [4.69, 9.17) is 14.7 Å². The lowest BCUT2D eigenvalue weighted by Crippen LogP contribution is -2.35. The summed E-state index contributed by atoms with van der Waals surface area (Å²) >= 11 is 0. The van der Waals surface area contributed by atoms with Crippen LogP contribution in [0.1, 0.15) is 29.4 Å². The van der Waals surface area contributed by atoms with Crippen LogP contribution in [-0.4, -0.2) is 50.4 Å². The molecule has 0 aliphatic carbocycles.